The van der Waals surface area contributed by atoms with E-state index in [1.165, 1.54) is 49.5 Å². The zero-order valence-electron chi connectivity index (χ0n) is 12.1. The van der Waals surface area contributed by atoms with Crippen LogP contribution in [0.25, 0.3) is 11.6 Å². The third-order valence-corrected chi connectivity index (χ3v) is 4.92. The van der Waals surface area contributed by atoms with Gasteiger partial charge >= 0.3 is 0 Å². The molecular formula is C16H13FN2O3S. The highest BCUT2D eigenvalue weighted by molar-refractivity contribution is 7.89. The van der Waals surface area contributed by atoms with Gasteiger partial charge in [0.25, 0.3) is 5.91 Å². The number of anilines is 1. The summed E-state index contributed by atoms with van der Waals surface area (Å²) in [6.45, 7) is 0. The fraction of sp³-hybridized carbons (Fsp3) is 0.0625. The van der Waals surface area contributed by atoms with Crippen LogP contribution in [0, 0.1) is 5.82 Å². The molecule has 1 amide bonds. The number of rotatable bonds is 3. The van der Waals surface area contributed by atoms with Gasteiger partial charge in [-0.15, -0.1) is 0 Å². The van der Waals surface area contributed by atoms with Crippen LogP contribution in [0.4, 0.5) is 10.1 Å². The molecule has 2 aromatic rings. The minimum atomic E-state index is -3.62. The maximum atomic E-state index is 13.3. The highest BCUT2D eigenvalue weighted by Gasteiger charge is 2.26. The minimum Gasteiger partial charge on any atom is -0.321 e. The molecule has 0 spiro atoms. The van der Waals surface area contributed by atoms with E-state index in [4.69, 9.17) is 0 Å². The molecule has 1 aliphatic heterocycles. The topological polar surface area (TPSA) is 75.3 Å². The Balaban J connectivity index is 2.13. The Kier molecular flexibility index (Phi) is 3.75. The highest BCUT2D eigenvalue weighted by Crippen LogP contribution is 2.34. The Morgan fingerprint density at radius 1 is 1.17 bits per heavy atom. The number of sulfonamides is 1. The molecule has 0 radical (unpaired) electrons. The van der Waals surface area contributed by atoms with Crippen molar-refractivity contribution in [3.05, 3.63) is 59.4 Å². The van der Waals surface area contributed by atoms with Crippen LogP contribution in [-0.2, 0) is 14.8 Å². The molecule has 0 atom stereocenters. The summed E-state index contributed by atoms with van der Waals surface area (Å²) in [5.41, 5.74) is 1.80. The van der Waals surface area contributed by atoms with Gasteiger partial charge in [0.15, 0.2) is 0 Å². The lowest BCUT2D eigenvalue weighted by Crippen LogP contribution is -2.18. The molecule has 0 saturated heterocycles. The molecule has 7 heteroatoms. The van der Waals surface area contributed by atoms with Crippen molar-refractivity contribution in [2.24, 2.45) is 0 Å². The molecule has 0 saturated carbocycles. The van der Waals surface area contributed by atoms with Crippen LogP contribution < -0.4 is 10.0 Å². The van der Waals surface area contributed by atoms with Gasteiger partial charge in [-0.05, 0) is 49.0 Å². The number of hydrogen-bond donors (Lipinski definition) is 2. The molecule has 118 valence electrons. The van der Waals surface area contributed by atoms with Crippen LogP contribution in [0.1, 0.15) is 11.1 Å². The van der Waals surface area contributed by atoms with Gasteiger partial charge in [-0.1, -0.05) is 12.1 Å². The van der Waals surface area contributed by atoms with Crippen LogP contribution in [0.3, 0.4) is 0 Å². The Hall–Kier alpha value is -2.51. The molecule has 0 aliphatic carbocycles. The monoisotopic (exact) mass is 332 g/mol. The Labute approximate surface area is 132 Å². The van der Waals surface area contributed by atoms with E-state index in [2.05, 4.69) is 10.0 Å². The summed E-state index contributed by atoms with van der Waals surface area (Å²) in [6.07, 6.45) is 1.53. The van der Waals surface area contributed by atoms with Crippen LogP contribution >= 0.6 is 0 Å². The predicted molar refractivity (Wildman–Crippen MR) is 85.6 cm³/mol. The number of halogens is 1. The van der Waals surface area contributed by atoms with E-state index >= 15 is 0 Å². The lowest BCUT2D eigenvalue weighted by Gasteiger charge is -2.05. The van der Waals surface area contributed by atoms with Crippen molar-refractivity contribution >= 4 is 33.3 Å². The molecule has 1 heterocycles. The largest absolute Gasteiger partial charge is 0.321 e. The van der Waals surface area contributed by atoms with E-state index in [0.29, 0.717) is 22.4 Å². The summed E-state index contributed by atoms with van der Waals surface area (Å²) >= 11 is 0. The van der Waals surface area contributed by atoms with Crippen molar-refractivity contribution in [1.29, 1.82) is 0 Å². The lowest BCUT2D eigenvalue weighted by molar-refractivity contribution is -0.110. The number of amides is 1. The first kappa shape index (κ1) is 15.4. The summed E-state index contributed by atoms with van der Waals surface area (Å²) in [6, 6.07) is 10.2. The second kappa shape index (κ2) is 5.60. The van der Waals surface area contributed by atoms with Crippen molar-refractivity contribution in [2.45, 2.75) is 4.90 Å². The van der Waals surface area contributed by atoms with Gasteiger partial charge in [0, 0.05) is 16.8 Å². The lowest BCUT2D eigenvalue weighted by atomic mass is 10.0. The van der Waals surface area contributed by atoms with E-state index in [9.17, 15) is 17.6 Å². The normalized spacial score (nSPS) is 15.6. The quantitative estimate of drug-likeness (QED) is 0.847. The first-order chi connectivity index (χ1) is 10.9. The average molecular weight is 332 g/mol. The maximum absolute atomic E-state index is 13.3. The first-order valence-corrected chi connectivity index (χ1v) is 8.25. The van der Waals surface area contributed by atoms with Gasteiger partial charge in [0.2, 0.25) is 10.0 Å². The summed E-state index contributed by atoms with van der Waals surface area (Å²) < 4.78 is 39.3. The molecule has 0 aromatic heterocycles. The van der Waals surface area contributed by atoms with Crippen molar-refractivity contribution in [1.82, 2.24) is 4.72 Å². The van der Waals surface area contributed by atoms with Gasteiger partial charge in [0.05, 0.1) is 4.90 Å². The standard InChI is InChI=1S/C16H13FN2O3S/c1-18-23(21,22)12-5-6-15-13(9-12)14(16(20)19-15)8-10-3-2-4-11(17)7-10/h2-9,18H,1H3,(H,19,20). The molecule has 2 N–H and O–H groups in total. The van der Waals surface area contributed by atoms with Gasteiger partial charge in [-0.25, -0.2) is 17.5 Å². The zero-order chi connectivity index (χ0) is 16.6. The third kappa shape index (κ3) is 2.88. The van der Waals surface area contributed by atoms with Crippen LogP contribution in [0.2, 0.25) is 0 Å². The van der Waals surface area contributed by atoms with E-state index < -0.39 is 15.8 Å². The molecule has 3 rings (SSSR count). The molecule has 5 nitrogen and oxygen atoms in total. The van der Waals surface area contributed by atoms with Crippen molar-refractivity contribution < 1.29 is 17.6 Å². The Morgan fingerprint density at radius 3 is 2.65 bits per heavy atom. The molecular weight excluding hydrogens is 319 g/mol. The van der Waals surface area contributed by atoms with Gasteiger partial charge in [-0.3, -0.25) is 4.79 Å². The van der Waals surface area contributed by atoms with Gasteiger partial charge in [-0.2, -0.15) is 0 Å². The first-order valence-electron chi connectivity index (χ1n) is 6.77. The van der Waals surface area contributed by atoms with E-state index in [1.54, 1.807) is 6.07 Å². The second-order valence-corrected chi connectivity index (χ2v) is 6.87. The minimum absolute atomic E-state index is 0.0559. The smallest absolute Gasteiger partial charge is 0.256 e. The van der Waals surface area contributed by atoms with Crippen LogP contribution in [0.5, 0.6) is 0 Å². The van der Waals surface area contributed by atoms with Crippen molar-refractivity contribution in [3.63, 3.8) is 0 Å². The van der Waals surface area contributed by atoms with Crippen molar-refractivity contribution in [3.8, 4) is 0 Å². The highest BCUT2D eigenvalue weighted by atomic mass is 32.2. The van der Waals surface area contributed by atoms with Crippen molar-refractivity contribution in [2.75, 3.05) is 12.4 Å². The van der Waals surface area contributed by atoms with E-state index in [-0.39, 0.29) is 10.8 Å². The third-order valence-electron chi connectivity index (χ3n) is 3.51. The number of nitrogens with one attached hydrogen (secondary N) is 2. The zero-order valence-corrected chi connectivity index (χ0v) is 12.9. The molecule has 0 fully saturated rings. The number of hydrogen-bond acceptors (Lipinski definition) is 3. The van der Waals surface area contributed by atoms with E-state index in [0.717, 1.165) is 0 Å². The van der Waals surface area contributed by atoms with Crippen LogP contribution in [-0.4, -0.2) is 21.4 Å². The summed E-state index contributed by atoms with van der Waals surface area (Å²) in [5.74, 6) is -0.771. The average Bonchev–Trinajstić information content (AvgIpc) is 2.83. The van der Waals surface area contributed by atoms with Gasteiger partial charge < -0.3 is 5.32 Å². The molecule has 1 aliphatic rings. The number of benzene rings is 2. The number of carbonyl (C=O) groups excluding carboxylic acids is 1. The fourth-order valence-corrected chi connectivity index (χ4v) is 3.11. The fourth-order valence-electron chi connectivity index (χ4n) is 2.36. The molecule has 0 unspecified atom stereocenters. The second-order valence-electron chi connectivity index (χ2n) is 4.98. The van der Waals surface area contributed by atoms with E-state index in [1.807, 2.05) is 0 Å². The summed E-state index contributed by atoms with van der Waals surface area (Å²) in [4.78, 5) is 12.2. The summed E-state index contributed by atoms with van der Waals surface area (Å²) in [7, 11) is -2.30. The van der Waals surface area contributed by atoms with Crippen LogP contribution in [0.15, 0.2) is 47.4 Å². The predicted octanol–water partition coefficient (Wildman–Crippen LogP) is 2.23. The Morgan fingerprint density at radius 2 is 1.96 bits per heavy atom. The molecule has 0 bridgehead atoms. The maximum Gasteiger partial charge on any atom is 0.256 e. The number of fused-ring (bicyclic) bond motifs is 1. The molecule has 23 heavy (non-hydrogen) atoms. The van der Waals surface area contributed by atoms with Gasteiger partial charge in [0.1, 0.15) is 5.82 Å². The molecule has 2 aromatic carbocycles. The summed E-state index contributed by atoms with van der Waals surface area (Å²) in [5, 5.41) is 2.66. The Bertz CT molecular complexity index is 936. The number of carbonyl (C=O) groups is 1. The SMILES string of the molecule is CNS(=O)(=O)c1ccc2c(c1)C(=Cc1cccc(F)c1)C(=O)N2.